The molecule has 0 heterocycles. The Labute approximate surface area is 123 Å². The Morgan fingerprint density at radius 3 is 2.75 bits per heavy atom. The molecular weight excluding hydrogens is 283 g/mol. The van der Waals surface area contributed by atoms with Gasteiger partial charge in [0.1, 0.15) is 0 Å². The van der Waals surface area contributed by atoms with Crippen molar-refractivity contribution in [1.82, 2.24) is 5.32 Å². The molecular formula is C14H20ClFN2O2. The van der Waals surface area contributed by atoms with Gasteiger partial charge in [0, 0.05) is 6.54 Å². The lowest BCUT2D eigenvalue weighted by atomic mass is 9.87. The molecule has 0 radical (unpaired) electrons. The lowest BCUT2D eigenvalue weighted by molar-refractivity contribution is 0.129. The van der Waals surface area contributed by atoms with Crippen LogP contribution in [-0.4, -0.2) is 23.8 Å². The van der Waals surface area contributed by atoms with Gasteiger partial charge in [0.2, 0.25) is 0 Å². The number of hydrogen-bond acceptors (Lipinski definition) is 2. The number of aliphatic hydroxyl groups excluding tert-OH is 1. The molecule has 0 spiro atoms. The van der Waals surface area contributed by atoms with E-state index in [2.05, 4.69) is 10.6 Å². The molecule has 0 aliphatic heterocycles. The highest BCUT2D eigenvalue weighted by Crippen LogP contribution is 2.23. The smallest absolute Gasteiger partial charge is 0.319 e. The Balaban J connectivity index is 2.54. The molecule has 4 nitrogen and oxygen atoms in total. The van der Waals surface area contributed by atoms with E-state index in [1.54, 1.807) is 13.0 Å². The van der Waals surface area contributed by atoms with Gasteiger partial charge in [0.05, 0.1) is 16.8 Å². The molecule has 1 aromatic rings. The molecule has 0 bridgehead atoms. The molecule has 1 atom stereocenters. The van der Waals surface area contributed by atoms with Gasteiger partial charge < -0.3 is 15.7 Å². The van der Waals surface area contributed by atoms with Crippen LogP contribution in [0.15, 0.2) is 18.2 Å². The summed E-state index contributed by atoms with van der Waals surface area (Å²) in [5, 5.41) is 14.4. The van der Waals surface area contributed by atoms with E-state index in [9.17, 15) is 14.3 Å². The molecule has 0 aliphatic carbocycles. The SMILES string of the molecule is CC(O)CC(C)(C)CNC(=O)Nc1cccc(Cl)c1F. The first-order chi connectivity index (χ1) is 9.21. The van der Waals surface area contributed by atoms with Crippen LogP contribution in [0.1, 0.15) is 27.2 Å². The number of amides is 2. The average Bonchev–Trinajstić information content (AvgIpc) is 2.31. The van der Waals surface area contributed by atoms with Crippen LogP contribution < -0.4 is 10.6 Å². The summed E-state index contributed by atoms with van der Waals surface area (Å²) in [6.45, 7) is 5.93. The molecule has 1 unspecified atom stereocenters. The van der Waals surface area contributed by atoms with Crippen LogP contribution >= 0.6 is 11.6 Å². The maximum atomic E-state index is 13.6. The minimum absolute atomic E-state index is 0.0309. The zero-order chi connectivity index (χ0) is 15.3. The predicted octanol–water partition coefficient (Wildman–Crippen LogP) is 3.40. The van der Waals surface area contributed by atoms with Crippen molar-refractivity contribution in [2.24, 2.45) is 5.41 Å². The summed E-state index contributed by atoms with van der Waals surface area (Å²) >= 11 is 5.63. The Morgan fingerprint density at radius 2 is 2.15 bits per heavy atom. The third-order valence-corrected chi connectivity index (χ3v) is 3.07. The first-order valence-corrected chi connectivity index (χ1v) is 6.76. The van der Waals surface area contributed by atoms with E-state index in [0.29, 0.717) is 13.0 Å². The van der Waals surface area contributed by atoms with Gasteiger partial charge in [-0.3, -0.25) is 0 Å². The van der Waals surface area contributed by atoms with Crippen molar-refractivity contribution in [3.63, 3.8) is 0 Å². The van der Waals surface area contributed by atoms with Gasteiger partial charge in [-0.15, -0.1) is 0 Å². The fraction of sp³-hybridized carbons (Fsp3) is 0.500. The van der Waals surface area contributed by atoms with Gasteiger partial charge in [-0.05, 0) is 30.9 Å². The van der Waals surface area contributed by atoms with Crippen molar-refractivity contribution in [1.29, 1.82) is 0 Å². The Hall–Kier alpha value is -1.33. The molecule has 0 saturated heterocycles. The van der Waals surface area contributed by atoms with Crippen LogP contribution in [0.2, 0.25) is 5.02 Å². The van der Waals surface area contributed by atoms with Crippen molar-refractivity contribution < 1.29 is 14.3 Å². The van der Waals surface area contributed by atoms with Crippen LogP contribution in [0.4, 0.5) is 14.9 Å². The van der Waals surface area contributed by atoms with Gasteiger partial charge in [0.25, 0.3) is 0 Å². The lowest BCUT2D eigenvalue weighted by Crippen LogP contribution is -2.38. The monoisotopic (exact) mass is 302 g/mol. The number of benzene rings is 1. The van der Waals surface area contributed by atoms with Crippen LogP contribution in [-0.2, 0) is 0 Å². The second-order valence-corrected chi connectivity index (χ2v) is 6.03. The van der Waals surface area contributed by atoms with E-state index in [0.717, 1.165) is 0 Å². The summed E-state index contributed by atoms with van der Waals surface area (Å²) in [6.07, 6.45) is 0.110. The van der Waals surface area contributed by atoms with E-state index in [-0.39, 0.29) is 16.1 Å². The largest absolute Gasteiger partial charge is 0.393 e. The highest BCUT2D eigenvalue weighted by atomic mass is 35.5. The Kier molecular flexibility index (Phi) is 5.77. The summed E-state index contributed by atoms with van der Waals surface area (Å²) < 4.78 is 13.6. The Morgan fingerprint density at radius 1 is 1.50 bits per heavy atom. The minimum atomic E-state index is -0.660. The Bertz CT molecular complexity index is 478. The number of carbonyl (C=O) groups excluding carboxylic acids is 1. The highest BCUT2D eigenvalue weighted by Gasteiger charge is 2.21. The second kappa shape index (κ2) is 6.90. The number of nitrogens with one attached hydrogen (secondary N) is 2. The lowest BCUT2D eigenvalue weighted by Gasteiger charge is -2.26. The summed E-state index contributed by atoms with van der Waals surface area (Å²) in [6, 6.07) is 3.89. The molecule has 6 heteroatoms. The van der Waals surface area contributed by atoms with Crippen molar-refractivity contribution in [2.75, 3.05) is 11.9 Å². The number of rotatable bonds is 5. The highest BCUT2D eigenvalue weighted by molar-refractivity contribution is 6.31. The quantitative estimate of drug-likeness (QED) is 0.780. The fourth-order valence-corrected chi connectivity index (χ4v) is 2.13. The fourth-order valence-electron chi connectivity index (χ4n) is 1.96. The predicted molar refractivity (Wildman–Crippen MR) is 78.5 cm³/mol. The van der Waals surface area contributed by atoms with Crippen LogP contribution in [0.3, 0.4) is 0 Å². The molecule has 1 aromatic carbocycles. The molecule has 112 valence electrons. The first kappa shape index (κ1) is 16.7. The first-order valence-electron chi connectivity index (χ1n) is 6.38. The molecule has 0 fully saturated rings. The third kappa shape index (κ3) is 5.35. The van der Waals surface area contributed by atoms with Gasteiger partial charge in [-0.2, -0.15) is 0 Å². The zero-order valence-electron chi connectivity index (χ0n) is 11.8. The zero-order valence-corrected chi connectivity index (χ0v) is 12.6. The third-order valence-electron chi connectivity index (χ3n) is 2.78. The van der Waals surface area contributed by atoms with E-state index in [4.69, 9.17) is 11.6 Å². The number of carbonyl (C=O) groups is 1. The maximum Gasteiger partial charge on any atom is 0.319 e. The summed E-state index contributed by atoms with van der Waals surface area (Å²) in [7, 11) is 0. The summed E-state index contributed by atoms with van der Waals surface area (Å²) in [4.78, 5) is 11.7. The number of aliphatic hydroxyl groups is 1. The number of urea groups is 1. The number of anilines is 1. The van der Waals surface area contributed by atoms with Crippen LogP contribution in [0, 0.1) is 11.2 Å². The van der Waals surface area contributed by atoms with Crippen molar-refractivity contribution >= 4 is 23.3 Å². The number of hydrogen-bond donors (Lipinski definition) is 3. The summed E-state index contributed by atoms with van der Waals surface area (Å²) in [5.74, 6) is -0.660. The van der Waals surface area contributed by atoms with Crippen molar-refractivity contribution in [3.05, 3.63) is 29.0 Å². The molecule has 3 N–H and O–H groups in total. The summed E-state index contributed by atoms with van der Waals surface area (Å²) in [5.41, 5.74) is -0.221. The topological polar surface area (TPSA) is 61.4 Å². The molecule has 0 saturated carbocycles. The average molecular weight is 303 g/mol. The molecule has 20 heavy (non-hydrogen) atoms. The van der Waals surface area contributed by atoms with Crippen molar-refractivity contribution in [2.45, 2.75) is 33.3 Å². The maximum absolute atomic E-state index is 13.6. The van der Waals surface area contributed by atoms with E-state index in [1.807, 2.05) is 13.8 Å². The van der Waals surface area contributed by atoms with E-state index in [1.165, 1.54) is 12.1 Å². The normalized spacial score (nSPS) is 12.9. The minimum Gasteiger partial charge on any atom is -0.393 e. The van der Waals surface area contributed by atoms with Crippen LogP contribution in [0.25, 0.3) is 0 Å². The van der Waals surface area contributed by atoms with Gasteiger partial charge in [-0.1, -0.05) is 31.5 Å². The van der Waals surface area contributed by atoms with Gasteiger partial charge in [0.15, 0.2) is 5.82 Å². The standard InChI is InChI=1S/C14H20ClFN2O2/c1-9(19)7-14(2,3)8-17-13(20)18-11-6-4-5-10(15)12(11)16/h4-6,9,19H,7-8H2,1-3H3,(H2,17,18,20). The molecule has 0 aliphatic rings. The number of halogens is 2. The molecule has 0 aromatic heterocycles. The van der Waals surface area contributed by atoms with Gasteiger partial charge >= 0.3 is 6.03 Å². The van der Waals surface area contributed by atoms with Gasteiger partial charge in [-0.25, -0.2) is 9.18 Å². The van der Waals surface area contributed by atoms with E-state index < -0.39 is 18.0 Å². The van der Waals surface area contributed by atoms with Crippen molar-refractivity contribution in [3.8, 4) is 0 Å². The molecule has 2 amide bonds. The van der Waals surface area contributed by atoms with Crippen LogP contribution in [0.5, 0.6) is 0 Å². The van der Waals surface area contributed by atoms with E-state index >= 15 is 0 Å². The second-order valence-electron chi connectivity index (χ2n) is 5.63. The molecule has 1 rings (SSSR count).